The number of likely N-dealkylation sites (N-methyl/N-ethyl adjacent to an activating group) is 1. The number of nitrogen functional groups attached to an aromatic ring is 1. The van der Waals surface area contributed by atoms with Crippen molar-refractivity contribution in [2.75, 3.05) is 46.6 Å². The molecule has 2 heterocycles. The number of quaternary nitrogens is 1. The molecule has 0 saturated carbocycles. The molecule has 1 aliphatic rings. The number of aliphatic hydroxyl groups excluding tert-OH is 2. The van der Waals surface area contributed by atoms with Gasteiger partial charge in [-0.1, -0.05) is 0 Å². The standard InChI is InChI=1S/C14H26N4O11P2/c1-18(2,3)6-7-26-30(22,23)29-31(24,25)27-8-9-11(19)12(20)13(28-9)17-5-4-10(15)16-14(17)21/h4-5,9,11-13,19-20H,6-8H2,1-3H3,(H3-,15,16,21,22,23,24,25)/p+1/t9-,11+,12+,13+/m1/s1. The summed E-state index contributed by atoms with van der Waals surface area (Å²) in [6.45, 7) is -0.746. The molecule has 1 aromatic rings. The number of phosphoric ester groups is 2. The molecule has 6 atom stereocenters. The zero-order chi connectivity index (χ0) is 23.6. The molecule has 0 spiro atoms. The maximum atomic E-state index is 12.0. The second-order valence-corrected chi connectivity index (χ2v) is 10.8. The van der Waals surface area contributed by atoms with Gasteiger partial charge in [0, 0.05) is 6.20 Å². The van der Waals surface area contributed by atoms with Crippen LogP contribution >= 0.6 is 15.6 Å². The fourth-order valence-electron chi connectivity index (χ4n) is 2.49. The van der Waals surface area contributed by atoms with Crippen LogP contribution in [0, 0.1) is 0 Å². The summed E-state index contributed by atoms with van der Waals surface area (Å²) in [5.41, 5.74) is 4.53. The Labute approximate surface area is 177 Å². The maximum Gasteiger partial charge on any atom is 0.481 e. The summed E-state index contributed by atoms with van der Waals surface area (Å²) < 4.78 is 43.9. The molecule has 0 aliphatic carbocycles. The van der Waals surface area contributed by atoms with E-state index in [0.29, 0.717) is 11.0 Å². The van der Waals surface area contributed by atoms with Crippen LogP contribution in [0.5, 0.6) is 0 Å². The number of phosphoric acid groups is 2. The summed E-state index contributed by atoms with van der Waals surface area (Å²) in [7, 11) is -4.64. The van der Waals surface area contributed by atoms with Gasteiger partial charge in [-0.25, -0.2) is 13.9 Å². The number of hydrogen-bond acceptors (Lipinski definition) is 11. The zero-order valence-electron chi connectivity index (χ0n) is 17.0. The van der Waals surface area contributed by atoms with E-state index >= 15 is 0 Å². The van der Waals surface area contributed by atoms with Crippen molar-refractivity contribution in [3.63, 3.8) is 0 Å². The number of ether oxygens (including phenoxy) is 1. The van der Waals surface area contributed by atoms with Crippen LogP contribution in [0.3, 0.4) is 0 Å². The number of aromatic nitrogens is 2. The quantitative estimate of drug-likeness (QED) is 0.185. The van der Waals surface area contributed by atoms with E-state index in [2.05, 4.69) is 18.3 Å². The van der Waals surface area contributed by atoms with Gasteiger partial charge in [-0.2, -0.15) is 9.29 Å². The molecule has 2 rings (SSSR count). The van der Waals surface area contributed by atoms with Gasteiger partial charge in [0.05, 0.1) is 27.7 Å². The molecule has 0 aromatic carbocycles. The fraction of sp³-hybridized carbons (Fsp3) is 0.714. The number of anilines is 1. The fourth-order valence-corrected chi connectivity index (χ4v) is 4.56. The van der Waals surface area contributed by atoms with Gasteiger partial charge in [0.1, 0.15) is 37.3 Å². The summed E-state index contributed by atoms with van der Waals surface area (Å²) in [5.74, 6) is -0.0652. The summed E-state index contributed by atoms with van der Waals surface area (Å²) in [5, 5.41) is 20.2. The molecule has 0 radical (unpaired) electrons. The molecule has 2 unspecified atom stereocenters. The highest BCUT2D eigenvalue weighted by Gasteiger charge is 2.46. The van der Waals surface area contributed by atoms with Crippen LogP contribution in [0.15, 0.2) is 17.1 Å². The Kier molecular flexibility index (Phi) is 8.17. The Bertz CT molecular complexity index is 920. The van der Waals surface area contributed by atoms with Crippen LogP contribution in [0.2, 0.25) is 0 Å². The number of hydrogen-bond donors (Lipinski definition) is 5. The second-order valence-electron chi connectivity index (χ2n) is 7.75. The van der Waals surface area contributed by atoms with Gasteiger partial charge in [-0.3, -0.25) is 13.6 Å². The van der Waals surface area contributed by atoms with Gasteiger partial charge in [-0.05, 0) is 6.07 Å². The largest absolute Gasteiger partial charge is 0.481 e. The Hall–Kier alpha value is -1.22. The average Bonchev–Trinajstić information content (AvgIpc) is 2.86. The zero-order valence-corrected chi connectivity index (χ0v) is 18.8. The topological polar surface area (TPSA) is 213 Å². The van der Waals surface area contributed by atoms with Gasteiger partial charge < -0.3 is 35.0 Å². The van der Waals surface area contributed by atoms with E-state index in [0.717, 1.165) is 4.57 Å². The monoisotopic (exact) mass is 489 g/mol. The Morgan fingerprint density at radius 3 is 2.39 bits per heavy atom. The Morgan fingerprint density at radius 2 is 1.81 bits per heavy atom. The summed E-state index contributed by atoms with van der Waals surface area (Å²) >= 11 is 0. The molecule has 1 aromatic heterocycles. The summed E-state index contributed by atoms with van der Waals surface area (Å²) in [6.07, 6.45) is -4.82. The third kappa shape index (κ3) is 7.70. The average molecular weight is 489 g/mol. The van der Waals surface area contributed by atoms with E-state index in [1.807, 2.05) is 0 Å². The van der Waals surface area contributed by atoms with E-state index in [1.54, 1.807) is 21.1 Å². The van der Waals surface area contributed by atoms with Crippen molar-refractivity contribution >= 4 is 21.5 Å². The van der Waals surface area contributed by atoms with E-state index in [9.17, 15) is 33.9 Å². The van der Waals surface area contributed by atoms with Crippen LogP contribution in [-0.4, -0.2) is 93.2 Å². The highest BCUT2D eigenvalue weighted by molar-refractivity contribution is 7.61. The van der Waals surface area contributed by atoms with Crippen molar-refractivity contribution in [1.82, 2.24) is 9.55 Å². The molecule has 15 nitrogen and oxygen atoms in total. The van der Waals surface area contributed by atoms with E-state index < -0.39 is 52.5 Å². The molecule has 1 saturated heterocycles. The van der Waals surface area contributed by atoms with Gasteiger partial charge >= 0.3 is 21.3 Å². The molecule has 178 valence electrons. The smallest absolute Gasteiger partial charge is 0.387 e. The first-order valence-electron chi connectivity index (χ1n) is 8.93. The van der Waals surface area contributed by atoms with Crippen molar-refractivity contribution < 1.29 is 51.7 Å². The highest BCUT2D eigenvalue weighted by atomic mass is 31.3. The maximum absolute atomic E-state index is 12.0. The number of nitrogens with zero attached hydrogens (tertiary/aromatic N) is 3. The van der Waals surface area contributed by atoms with E-state index in [-0.39, 0.29) is 12.4 Å². The molecule has 0 bridgehead atoms. The minimum atomic E-state index is -5.11. The first kappa shape index (κ1) is 26.0. The first-order valence-corrected chi connectivity index (χ1v) is 11.9. The normalized spacial score (nSPS) is 28.2. The van der Waals surface area contributed by atoms with Gasteiger partial charge in [0.25, 0.3) is 0 Å². The first-order chi connectivity index (χ1) is 14.1. The van der Waals surface area contributed by atoms with E-state index in [4.69, 9.17) is 10.5 Å². The van der Waals surface area contributed by atoms with Crippen LogP contribution in [-0.2, 0) is 27.2 Å². The minimum absolute atomic E-state index is 0.0652. The van der Waals surface area contributed by atoms with Gasteiger partial charge in [0.2, 0.25) is 0 Å². The number of aliphatic hydroxyl groups is 2. The van der Waals surface area contributed by atoms with Gasteiger partial charge in [0.15, 0.2) is 6.23 Å². The molecule has 0 amide bonds. The predicted molar refractivity (Wildman–Crippen MR) is 104 cm³/mol. The van der Waals surface area contributed by atoms with Crippen molar-refractivity contribution in [2.45, 2.75) is 24.5 Å². The highest BCUT2D eigenvalue weighted by Crippen LogP contribution is 2.60. The third-order valence-electron chi connectivity index (χ3n) is 4.09. The number of nitrogens with two attached hydrogens (primary N) is 1. The van der Waals surface area contributed by atoms with Crippen LogP contribution in [0.25, 0.3) is 0 Å². The SMILES string of the molecule is C[N+](C)(C)CCOP(=O)(O)OP(=O)(O)OC[C@H]1O[C@H](n2ccc(N)nc2=O)[C@@H](O)[C@H]1O. The predicted octanol–water partition coefficient (Wildman–Crippen LogP) is -1.60. The summed E-state index contributed by atoms with van der Waals surface area (Å²) in [6, 6.07) is 1.26. The molecule has 1 aliphatic heterocycles. The lowest BCUT2D eigenvalue weighted by Gasteiger charge is -2.24. The molecular formula is C14H27N4O11P2+. The van der Waals surface area contributed by atoms with Crippen molar-refractivity contribution in [2.24, 2.45) is 0 Å². The molecule has 1 fully saturated rings. The van der Waals surface area contributed by atoms with Crippen molar-refractivity contribution in [3.8, 4) is 0 Å². The van der Waals surface area contributed by atoms with E-state index in [1.165, 1.54) is 12.3 Å². The second kappa shape index (κ2) is 9.73. The Balaban J connectivity index is 1.96. The van der Waals surface area contributed by atoms with Gasteiger partial charge in [-0.15, -0.1) is 0 Å². The van der Waals surface area contributed by atoms with Crippen molar-refractivity contribution in [3.05, 3.63) is 22.7 Å². The molecule has 31 heavy (non-hydrogen) atoms. The summed E-state index contributed by atoms with van der Waals surface area (Å²) in [4.78, 5) is 34.7. The van der Waals surface area contributed by atoms with Crippen LogP contribution in [0.1, 0.15) is 6.23 Å². The minimum Gasteiger partial charge on any atom is -0.387 e. The van der Waals surface area contributed by atoms with Crippen molar-refractivity contribution in [1.29, 1.82) is 0 Å². The lowest BCUT2D eigenvalue weighted by Crippen LogP contribution is -2.37. The van der Waals surface area contributed by atoms with Crippen LogP contribution in [0.4, 0.5) is 5.82 Å². The molecular weight excluding hydrogens is 462 g/mol. The molecule has 6 N–H and O–H groups in total. The lowest BCUT2D eigenvalue weighted by molar-refractivity contribution is -0.870. The lowest BCUT2D eigenvalue weighted by atomic mass is 10.1. The van der Waals surface area contributed by atoms with Crippen LogP contribution < -0.4 is 11.4 Å². The number of rotatable bonds is 10. The molecule has 17 heteroatoms. The third-order valence-corrected chi connectivity index (χ3v) is 6.72. The Morgan fingerprint density at radius 1 is 1.19 bits per heavy atom.